The predicted octanol–water partition coefficient (Wildman–Crippen LogP) is 3.97. The van der Waals surface area contributed by atoms with Crippen LogP contribution in [-0.2, 0) is 0 Å². The summed E-state index contributed by atoms with van der Waals surface area (Å²) in [5, 5.41) is 10.8. The lowest BCUT2D eigenvalue weighted by Gasteiger charge is -2.11. The Balaban J connectivity index is 2.55. The Morgan fingerprint density at radius 1 is 1.26 bits per heavy atom. The number of aromatic nitrogens is 1. The molecule has 98 valence electrons. The molecule has 0 fully saturated rings. The standard InChI is InChI=1S/C12H7Cl2FN2O2/c13-7-8(15)9(10(12(18)19)17-11(7)14)16-6-4-2-1-3-5-6/h1-5,16H,(H,18,19). The van der Waals surface area contributed by atoms with Crippen LogP contribution in [0.2, 0.25) is 10.2 Å². The van der Waals surface area contributed by atoms with Gasteiger partial charge < -0.3 is 10.4 Å². The molecule has 0 bridgehead atoms. The molecule has 1 heterocycles. The molecule has 0 saturated heterocycles. The lowest BCUT2D eigenvalue weighted by molar-refractivity contribution is 0.0691. The van der Waals surface area contributed by atoms with Gasteiger partial charge in [0, 0.05) is 5.69 Å². The van der Waals surface area contributed by atoms with Crippen molar-refractivity contribution in [2.24, 2.45) is 0 Å². The molecule has 0 radical (unpaired) electrons. The van der Waals surface area contributed by atoms with Crippen LogP contribution >= 0.6 is 23.2 Å². The second kappa shape index (κ2) is 5.42. The third-order valence-corrected chi connectivity index (χ3v) is 3.00. The van der Waals surface area contributed by atoms with Crippen LogP contribution in [0.15, 0.2) is 30.3 Å². The summed E-state index contributed by atoms with van der Waals surface area (Å²) in [7, 11) is 0. The molecule has 0 saturated carbocycles. The quantitative estimate of drug-likeness (QED) is 0.842. The number of hydrogen-bond acceptors (Lipinski definition) is 3. The number of halogens is 3. The van der Waals surface area contributed by atoms with Crippen LogP contribution in [0.1, 0.15) is 10.5 Å². The van der Waals surface area contributed by atoms with Crippen molar-refractivity contribution in [1.82, 2.24) is 4.98 Å². The molecule has 0 spiro atoms. The van der Waals surface area contributed by atoms with E-state index in [4.69, 9.17) is 28.3 Å². The lowest BCUT2D eigenvalue weighted by Crippen LogP contribution is -2.09. The molecular weight excluding hydrogens is 294 g/mol. The minimum Gasteiger partial charge on any atom is -0.476 e. The van der Waals surface area contributed by atoms with Crippen LogP contribution in [0.4, 0.5) is 15.8 Å². The summed E-state index contributed by atoms with van der Waals surface area (Å²) < 4.78 is 14.0. The summed E-state index contributed by atoms with van der Waals surface area (Å²) in [4.78, 5) is 14.6. The van der Waals surface area contributed by atoms with Gasteiger partial charge in [0.2, 0.25) is 0 Å². The highest BCUT2D eigenvalue weighted by Crippen LogP contribution is 2.32. The second-order valence-electron chi connectivity index (χ2n) is 3.55. The number of carboxylic acids is 1. The van der Waals surface area contributed by atoms with E-state index in [0.29, 0.717) is 5.69 Å². The summed E-state index contributed by atoms with van der Waals surface area (Å²) in [5.74, 6) is -2.36. The molecule has 2 rings (SSSR count). The average molecular weight is 301 g/mol. The van der Waals surface area contributed by atoms with Crippen molar-refractivity contribution < 1.29 is 14.3 Å². The monoisotopic (exact) mass is 300 g/mol. The van der Waals surface area contributed by atoms with E-state index in [-0.39, 0.29) is 5.69 Å². The molecule has 0 aliphatic carbocycles. The molecule has 0 aliphatic rings. The van der Waals surface area contributed by atoms with Gasteiger partial charge in [-0.05, 0) is 12.1 Å². The zero-order valence-corrected chi connectivity index (χ0v) is 10.8. The van der Waals surface area contributed by atoms with Crippen molar-refractivity contribution in [2.45, 2.75) is 0 Å². The summed E-state index contributed by atoms with van der Waals surface area (Å²) in [6.07, 6.45) is 0. The van der Waals surface area contributed by atoms with Crippen LogP contribution < -0.4 is 5.32 Å². The van der Waals surface area contributed by atoms with Crippen molar-refractivity contribution in [1.29, 1.82) is 0 Å². The van der Waals surface area contributed by atoms with Crippen LogP contribution in [0.3, 0.4) is 0 Å². The molecular formula is C12H7Cl2FN2O2. The van der Waals surface area contributed by atoms with E-state index in [0.717, 1.165) is 0 Å². The first-order chi connectivity index (χ1) is 9.00. The van der Waals surface area contributed by atoms with Crippen LogP contribution in [0, 0.1) is 5.82 Å². The molecule has 0 atom stereocenters. The number of carbonyl (C=O) groups is 1. The number of nitrogens with zero attached hydrogens (tertiary/aromatic N) is 1. The Bertz CT molecular complexity index is 635. The number of nitrogens with one attached hydrogen (secondary N) is 1. The maximum Gasteiger partial charge on any atom is 0.356 e. The normalized spacial score (nSPS) is 10.3. The van der Waals surface area contributed by atoms with Gasteiger partial charge in [-0.2, -0.15) is 0 Å². The van der Waals surface area contributed by atoms with Gasteiger partial charge in [-0.3, -0.25) is 0 Å². The molecule has 19 heavy (non-hydrogen) atoms. The zero-order chi connectivity index (χ0) is 14.0. The van der Waals surface area contributed by atoms with Gasteiger partial charge in [0.05, 0.1) is 0 Å². The first-order valence-corrected chi connectivity index (χ1v) is 5.86. The molecule has 0 amide bonds. The zero-order valence-electron chi connectivity index (χ0n) is 9.32. The van der Waals surface area contributed by atoms with E-state index in [1.165, 1.54) is 0 Å². The summed E-state index contributed by atoms with van der Waals surface area (Å²) in [5.41, 5.74) is -0.354. The molecule has 0 aliphatic heterocycles. The Labute approximate surface area is 117 Å². The molecule has 2 N–H and O–H groups in total. The Morgan fingerprint density at radius 2 is 1.89 bits per heavy atom. The van der Waals surface area contributed by atoms with Crippen LogP contribution in [0.5, 0.6) is 0 Å². The van der Waals surface area contributed by atoms with Crippen LogP contribution in [0.25, 0.3) is 0 Å². The molecule has 1 aromatic heterocycles. The van der Waals surface area contributed by atoms with Gasteiger partial charge in [-0.15, -0.1) is 0 Å². The summed E-state index contributed by atoms with van der Waals surface area (Å²) in [6, 6.07) is 8.49. The number of para-hydroxylation sites is 1. The lowest BCUT2D eigenvalue weighted by atomic mass is 10.2. The van der Waals surface area contributed by atoms with Crippen molar-refractivity contribution in [3.05, 3.63) is 52.0 Å². The predicted molar refractivity (Wildman–Crippen MR) is 70.9 cm³/mol. The molecule has 0 unspecified atom stereocenters. The third-order valence-electron chi connectivity index (χ3n) is 2.29. The van der Waals surface area contributed by atoms with Gasteiger partial charge >= 0.3 is 5.97 Å². The van der Waals surface area contributed by atoms with E-state index in [9.17, 15) is 9.18 Å². The minimum atomic E-state index is -1.41. The number of rotatable bonds is 3. The number of pyridine rings is 1. The first-order valence-electron chi connectivity index (χ1n) is 5.10. The SMILES string of the molecule is O=C(O)c1nc(Cl)c(Cl)c(F)c1Nc1ccccc1. The fraction of sp³-hybridized carbons (Fsp3) is 0. The molecule has 4 nitrogen and oxygen atoms in total. The molecule has 2 aromatic rings. The van der Waals surface area contributed by atoms with Gasteiger partial charge in [-0.1, -0.05) is 41.4 Å². The van der Waals surface area contributed by atoms with Gasteiger partial charge in [0.25, 0.3) is 0 Å². The largest absolute Gasteiger partial charge is 0.476 e. The van der Waals surface area contributed by atoms with Crippen molar-refractivity contribution in [2.75, 3.05) is 5.32 Å². The summed E-state index contributed by atoms with van der Waals surface area (Å²) >= 11 is 11.2. The van der Waals surface area contributed by atoms with Crippen molar-refractivity contribution in [3.63, 3.8) is 0 Å². The van der Waals surface area contributed by atoms with Crippen molar-refractivity contribution >= 4 is 40.5 Å². The highest BCUT2D eigenvalue weighted by molar-refractivity contribution is 6.41. The molecule has 1 aromatic carbocycles. The van der Waals surface area contributed by atoms with E-state index in [2.05, 4.69) is 10.3 Å². The molecule has 7 heteroatoms. The highest BCUT2D eigenvalue weighted by atomic mass is 35.5. The summed E-state index contributed by atoms with van der Waals surface area (Å²) in [6.45, 7) is 0. The van der Waals surface area contributed by atoms with Gasteiger partial charge in [0.15, 0.2) is 16.7 Å². The number of aromatic carboxylic acids is 1. The van der Waals surface area contributed by atoms with Crippen LogP contribution in [-0.4, -0.2) is 16.1 Å². The second-order valence-corrected chi connectivity index (χ2v) is 4.29. The number of hydrogen-bond donors (Lipinski definition) is 2. The number of carboxylic acid groups (broad SMARTS) is 1. The number of benzene rings is 1. The Morgan fingerprint density at radius 3 is 2.47 bits per heavy atom. The average Bonchev–Trinajstić information content (AvgIpc) is 2.40. The van der Waals surface area contributed by atoms with E-state index in [1.807, 2.05) is 0 Å². The maximum absolute atomic E-state index is 14.0. The topological polar surface area (TPSA) is 62.2 Å². The van der Waals surface area contributed by atoms with E-state index in [1.54, 1.807) is 30.3 Å². The Hall–Kier alpha value is -1.85. The fourth-order valence-electron chi connectivity index (χ4n) is 1.44. The first kappa shape index (κ1) is 13.6. The van der Waals surface area contributed by atoms with Gasteiger partial charge in [0.1, 0.15) is 10.7 Å². The fourth-order valence-corrected chi connectivity index (χ4v) is 1.75. The van der Waals surface area contributed by atoms with E-state index >= 15 is 0 Å². The van der Waals surface area contributed by atoms with Gasteiger partial charge in [-0.25, -0.2) is 14.2 Å². The van der Waals surface area contributed by atoms with Crippen molar-refractivity contribution in [3.8, 4) is 0 Å². The maximum atomic E-state index is 14.0. The van der Waals surface area contributed by atoms with E-state index < -0.39 is 27.7 Å². The highest BCUT2D eigenvalue weighted by Gasteiger charge is 2.22. The smallest absolute Gasteiger partial charge is 0.356 e. The Kier molecular flexibility index (Phi) is 3.87. The third kappa shape index (κ3) is 2.77. The number of anilines is 2. The minimum absolute atomic E-state index is 0.326.